The van der Waals surface area contributed by atoms with Crippen LogP contribution in [0.4, 0.5) is 5.69 Å². The molecule has 2 rings (SSSR count). The monoisotopic (exact) mass is 288 g/mol. The van der Waals surface area contributed by atoms with E-state index in [1.807, 2.05) is 0 Å². The van der Waals surface area contributed by atoms with Crippen molar-refractivity contribution in [3.63, 3.8) is 0 Å². The van der Waals surface area contributed by atoms with E-state index >= 15 is 0 Å². The zero-order chi connectivity index (χ0) is 15.4. The second-order valence-corrected chi connectivity index (χ2v) is 4.23. The van der Waals surface area contributed by atoms with Crippen LogP contribution in [0.1, 0.15) is 11.6 Å². The molecule has 1 atom stereocenters. The number of ether oxygens (including phenoxy) is 1. The first-order valence-electron chi connectivity index (χ1n) is 6.04. The fraction of sp³-hybridized carbons (Fsp3) is 0.143. The Bertz CT molecular complexity index is 724. The summed E-state index contributed by atoms with van der Waals surface area (Å²) in [5.74, 6) is -0.677. The molecule has 7 nitrogen and oxygen atoms in total. The van der Waals surface area contributed by atoms with Gasteiger partial charge >= 0.3 is 5.97 Å². The highest BCUT2D eigenvalue weighted by molar-refractivity contribution is 5.78. The zero-order valence-corrected chi connectivity index (χ0v) is 11.1. The average molecular weight is 288 g/mol. The third-order valence-electron chi connectivity index (χ3n) is 2.95. The van der Waals surface area contributed by atoms with Crippen molar-refractivity contribution in [2.24, 2.45) is 0 Å². The Labute approximate surface area is 119 Å². The average Bonchev–Trinajstić information content (AvgIpc) is 2.50. The molecule has 108 valence electrons. The van der Waals surface area contributed by atoms with Crippen LogP contribution in [0.15, 0.2) is 53.5 Å². The standard InChI is InChI=1S/C14H12N2O5/c1-21-14(18)13(10-5-3-2-4-6-10)15-9-11(16(19)20)7-8-12(15)17/h2-9,13H,1H3. The molecule has 0 aliphatic rings. The van der Waals surface area contributed by atoms with Gasteiger partial charge in [-0.25, -0.2) is 4.79 Å². The van der Waals surface area contributed by atoms with Gasteiger partial charge in [0.25, 0.3) is 11.2 Å². The number of esters is 1. The summed E-state index contributed by atoms with van der Waals surface area (Å²) < 4.78 is 5.71. The third-order valence-corrected chi connectivity index (χ3v) is 2.95. The van der Waals surface area contributed by atoms with Crippen LogP contribution < -0.4 is 5.56 Å². The van der Waals surface area contributed by atoms with Gasteiger partial charge in [-0.15, -0.1) is 0 Å². The molecular weight excluding hydrogens is 276 g/mol. The van der Waals surface area contributed by atoms with Crippen molar-refractivity contribution in [1.29, 1.82) is 0 Å². The maximum atomic E-state index is 12.0. The summed E-state index contributed by atoms with van der Waals surface area (Å²) in [4.78, 5) is 34.2. The van der Waals surface area contributed by atoms with E-state index in [1.165, 1.54) is 7.11 Å². The lowest BCUT2D eigenvalue weighted by molar-refractivity contribution is -0.385. The summed E-state index contributed by atoms with van der Waals surface area (Å²) in [5, 5.41) is 10.8. The van der Waals surface area contributed by atoms with Crippen molar-refractivity contribution in [1.82, 2.24) is 4.57 Å². The lowest BCUT2D eigenvalue weighted by Crippen LogP contribution is -2.30. The molecular formula is C14H12N2O5. The van der Waals surface area contributed by atoms with Gasteiger partial charge in [0.15, 0.2) is 6.04 Å². The number of nitrogens with zero attached hydrogens (tertiary/aromatic N) is 2. The molecule has 1 heterocycles. The summed E-state index contributed by atoms with van der Waals surface area (Å²) in [6.45, 7) is 0. The second kappa shape index (κ2) is 6.00. The van der Waals surface area contributed by atoms with Gasteiger partial charge < -0.3 is 4.74 Å². The highest BCUT2D eigenvalue weighted by atomic mass is 16.6. The third kappa shape index (κ3) is 2.97. The van der Waals surface area contributed by atoms with Crippen molar-refractivity contribution in [2.75, 3.05) is 7.11 Å². The first-order valence-corrected chi connectivity index (χ1v) is 6.04. The lowest BCUT2D eigenvalue weighted by atomic mass is 10.1. The number of nitro groups is 1. The number of methoxy groups -OCH3 is 1. The molecule has 1 aromatic heterocycles. The van der Waals surface area contributed by atoms with E-state index in [4.69, 9.17) is 4.74 Å². The Morgan fingerprint density at radius 1 is 1.24 bits per heavy atom. The number of benzene rings is 1. The minimum atomic E-state index is -1.07. The number of hydrogen-bond donors (Lipinski definition) is 0. The van der Waals surface area contributed by atoms with Gasteiger partial charge in [0.1, 0.15) is 0 Å². The molecule has 0 spiro atoms. The fourth-order valence-electron chi connectivity index (χ4n) is 1.96. The van der Waals surface area contributed by atoms with Crippen LogP contribution in [0.25, 0.3) is 0 Å². The minimum Gasteiger partial charge on any atom is -0.467 e. The van der Waals surface area contributed by atoms with Crippen LogP contribution in [-0.4, -0.2) is 22.6 Å². The van der Waals surface area contributed by atoms with E-state index in [1.54, 1.807) is 30.3 Å². The number of hydrogen-bond acceptors (Lipinski definition) is 5. The second-order valence-electron chi connectivity index (χ2n) is 4.23. The molecule has 1 aromatic carbocycles. The van der Waals surface area contributed by atoms with Crippen LogP contribution in [-0.2, 0) is 9.53 Å². The maximum Gasteiger partial charge on any atom is 0.333 e. The van der Waals surface area contributed by atoms with Gasteiger partial charge in [0.2, 0.25) is 0 Å². The normalized spacial score (nSPS) is 11.7. The van der Waals surface area contributed by atoms with Crippen molar-refractivity contribution < 1.29 is 14.5 Å². The summed E-state index contributed by atoms with van der Waals surface area (Å²) in [5.41, 5.74) is -0.300. The quantitative estimate of drug-likeness (QED) is 0.483. The SMILES string of the molecule is COC(=O)C(c1ccccc1)n1cc([N+](=O)[O-])ccc1=O. The summed E-state index contributed by atoms with van der Waals surface area (Å²) >= 11 is 0. The molecule has 0 saturated carbocycles. The van der Waals surface area contributed by atoms with Crippen molar-refractivity contribution in [2.45, 2.75) is 6.04 Å². The van der Waals surface area contributed by atoms with Gasteiger partial charge in [-0.1, -0.05) is 30.3 Å². The number of pyridine rings is 1. The molecule has 1 unspecified atom stereocenters. The number of aromatic nitrogens is 1. The molecule has 2 aromatic rings. The molecule has 0 aliphatic carbocycles. The molecule has 0 saturated heterocycles. The predicted molar refractivity (Wildman–Crippen MR) is 74.0 cm³/mol. The Balaban J connectivity index is 2.62. The van der Waals surface area contributed by atoms with E-state index in [0.29, 0.717) is 5.56 Å². The van der Waals surface area contributed by atoms with Crippen LogP contribution in [0.3, 0.4) is 0 Å². The first-order chi connectivity index (χ1) is 10.0. The lowest BCUT2D eigenvalue weighted by Gasteiger charge is -2.17. The molecule has 7 heteroatoms. The van der Waals surface area contributed by atoms with Gasteiger partial charge in [-0.05, 0) is 5.56 Å². The van der Waals surface area contributed by atoms with Crippen LogP contribution in [0.5, 0.6) is 0 Å². The molecule has 0 radical (unpaired) electrons. The van der Waals surface area contributed by atoms with Crippen molar-refractivity contribution in [3.05, 3.63) is 74.7 Å². The summed E-state index contributed by atoms with van der Waals surface area (Å²) in [6.07, 6.45) is 1.04. The minimum absolute atomic E-state index is 0.278. The molecule has 0 N–H and O–H groups in total. The largest absolute Gasteiger partial charge is 0.467 e. The number of carbonyl (C=O) groups excluding carboxylic acids is 1. The van der Waals surface area contributed by atoms with Gasteiger partial charge in [0.05, 0.1) is 18.2 Å². The maximum absolute atomic E-state index is 12.0. The van der Waals surface area contributed by atoms with Gasteiger partial charge in [-0.3, -0.25) is 19.5 Å². The molecule has 21 heavy (non-hydrogen) atoms. The number of carbonyl (C=O) groups is 1. The smallest absolute Gasteiger partial charge is 0.333 e. The molecule has 0 bridgehead atoms. The van der Waals surface area contributed by atoms with E-state index in [2.05, 4.69) is 0 Å². The highest BCUT2D eigenvalue weighted by Crippen LogP contribution is 2.20. The topological polar surface area (TPSA) is 91.4 Å². The Kier molecular flexibility index (Phi) is 4.13. The van der Waals surface area contributed by atoms with Crippen molar-refractivity contribution >= 4 is 11.7 Å². The Morgan fingerprint density at radius 3 is 2.48 bits per heavy atom. The summed E-state index contributed by atoms with van der Waals surface area (Å²) in [7, 11) is 1.20. The Hall–Kier alpha value is -2.96. The van der Waals surface area contributed by atoms with E-state index in [-0.39, 0.29) is 5.69 Å². The van der Waals surface area contributed by atoms with Gasteiger partial charge in [-0.2, -0.15) is 0 Å². The molecule has 0 amide bonds. The van der Waals surface area contributed by atoms with Crippen LogP contribution >= 0.6 is 0 Å². The van der Waals surface area contributed by atoms with E-state index in [0.717, 1.165) is 22.9 Å². The fourth-order valence-corrected chi connectivity index (χ4v) is 1.96. The Morgan fingerprint density at radius 2 is 1.90 bits per heavy atom. The van der Waals surface area contributed by atoms with Crippen LogP contribution in [0, 0.1) is 10.1 Å². The van der Waals surface area contributed by atoms with E-state index in [9.17, 15) is 19.7 Å². The zero-order valence-electron chi connectivity index (χ0n) is 11.1. The predicted octanol–water partition coefficient (Wildman–Crippen LogP) is 1.52. The summed E-state index contributed by atoms with van der Waals surface area (Å²) in [6, 6.07) is 9.54. The highest BCUT2D eigenvalue weighted by Gasteiger charge is 2.25. The first kappa shape index (κ1) is 14.4. The molecule has 0 fully saturated rings. The number of rotatable bonds is 4. The molecule has 0 aliphatic heterocycles. The van der Waals surface area contributed by atoms with E-state index < -0.39 is 22.5 Å². The van der Waals surface area contributed by atoms with Gasteiger partial charge in [0, 0.05) is 12.1 Å². The van der Waals surface area contributed by atoms with Crippen LogP contribution in [0.2, 0.25) is 0 Å². The van der Waals surface area contributed by atoms with Crippen molar-refractivity contribution in [3.8, 4) is 0 Å².